The molecule has 0 aliphatic rings. The molecule has 2 amide bonds. The average molecular weight is 217 g/mol. The van der Waals surface area contributed by atoms with Gasteiger partial charge in [0.05, 0.1) is 25.2 Å². The van der Waals surface area contributed by atoms with Crippen molar-refractivity contribution in [2.45, 2.75) is 19.4 Å². The van der Waals surface area contributed by atoms with Crippen molar-refractivity contribution >= 4 is 11.8 Å². The second kappa shape index (κ2) is 6.36. The van der Waals surface area contributed by atoms with Crippen LogP contribution in [0.5, 0.6) is 0 Å². The number of methoxy groups -OCH3 is 1. The Morgan fingerprint density at radius 2 is 1.93 bits per heavy atom. The maximum atomic E-state index is 11.3. The van der Waals surface area contributed by atoms with Gasteiger partial charge in [0.1, 0.15) is 0 Å². The summed E-state index contributed by atoms with van der Waals surface area (Å²) in [6, 6.07) is 0. The van der Waals surface area contributed by atoms with Gasteiger partial charge in [-0.25, -0.2) is 0 Å². The summed E-state index contributed by atoms with van der Waals surface area (Å²) in [6.07, 6.45) is 0. The topological polar surface area (TPSA) is 93.5 Å². The first-order valence-electron chi connectivity index (χ1n) is 4.68. The van der Waals surface area contributed by atoms with E-state index in [9.17, 15) is 9.59 Å². The summed E-state index contributed by atoms with van der Waals surface area (Å²) in [5, 5.41) is 5.10. The van der Waals surface area contributed by atoms with Crippen LogP contribution in [0.3, 0.4) is 0 Å². The van der Waals surface area contributed by atoms with Crippen molar-refractivity contribution in [1.82, 2.24) is 10.6 Å². The molecule has 0 radical (unpaired) electrons. The number of amides is 2. The molecular formula is C9H19N3O3. The second-order valence-electron chi connectivity index (χ2n) is 3.85. The van der Waals surface area contributed by atoms with E-state index in [4.69, 9.17) is 10.5 Å². The lowest BCUT2D eigenvalue weighted by Crippen LogP contribution is -2.50. The van der Waals surface area contributed by atoms with Gasteiger partial charge >= 0.3 is 0 Å². The molecule has 0 saturated heterocycles. The summed E-state index contributed by atoms with van der Waals surface area (Å²) in [5.41, 5.74) is 4.62. The first-order valence-corrected chi connectivity index (χ1v) is 4.68. The molecule has 6 heteroatoms. The fourth-order valence-electron chi connectivity index (χ4n) is 1.07. The van der Waals surface area contributed by atoms with Gasteiger partial charge in [-0.15, -0.1) is 0 Å². The summed E-state index contributed by atoms with van der Waals surface area (Å²) in [7, 11) is 1.56. The Kier molecular flexibility index (Phi) is 5.88. The number of hydrogen-bond acceptors (Lipinski definition) is 4. The highest BCUT2D eigenvalue weighted by Crippen LogP contribution is 2.00. The van der Waals surface area contributed by atoms with Crippen LogP contribution < -0.4 is 16.4 Å². The molecule has 6 nitrogen and oxygen atoms in total. The van der Waals surface area contributed by atoms with E-state index in [0.717, 1.165) is 0 Å². The summed E-state index contributed by atoms with van der Waals surface area (Å²) < 4.78 is 4.93. The highest BCUT2D eigenvalue weighted by Gasteiger charge is 2.19. The first-order chi connectivity index (χ1) is 6.91. The van der Waals surface area contributed by atoms with Gasteiger partial charge < -0.3 is 21.1 Å². The molecule has 0 spiro atoms. The maximum Gasteiger partial charge on any atom is 0.239 e. The fraction of sp³-hybridized carbons (Fsp3) is 0.778. The molecule has 0 atom stereocenters. The molecule has 0 aromatic carbocycles. The Balaban J connectivity index is 3.87. The van der Waals surface area contributed by atoms with Crippen LogP contribution >= 0.6 is 0 Å². The van der Waals surface area contributed by atoms with Crippen LogP contribution in [-0.4, -0.2) is 44.2 Å². The van der Waals surface area contributed by atoms with Gasteiger partial charge in [-0.1, -0.05) is 0 Å². The molecule has 4 N–H and O–H groups in total. The zero-order chi connectivity index (χ0) is 11.9. The van der Waals surface area contributed by atoms with Gasteiger partial charge in [-0.3, -0.25) is 9.59 Å². The summed E-state index contributed by atoms with van der Waals surface area (Å²) in [6.45, 7) is 3.89. The normalized spacial score (nSPS) is 10.9. The van der Waals surface area contributed by atoms with E-state index in [1.165, 1.54) is 0 Å². The SMILES string of the molecule is COCC(C)(C)NC(=O)CNC(=O)CN. The maximum absolute atomic E-state index is 11.3. The molecular weight excluding hydrogens is 198 g/mol. The van der Waals surface area contributed by atoms with Crippen molar-refractivity contribution in [3.63, 3.8) is 0 Å². The number of carbonyl (C=O) groups excluding carboxylic acids is 2. The van der Waals surface area contributed by atoms with Gasteiger partial charge in [0.15, 0.2) is 0 Å². The summed E-state index contributed by atoms with van der Waals surface area (Å²) >= 11 is 0. The number of nitrogens with two attached hydrogens (primary N) is 1. The average Bonchev–Trinajstić information content (AvgIpc) is 2.13. The zero-order valence-electron chi connectivity index (χ0n) is 9.42. The molecule has 0 rings (SSSR count). The van der Waals surface area contributed by atoms with Crippen LogP contribution in [0.25, 0.3) is 0 Å². The van der Waals surface area contributed by atoms with Crippen molar-refractivity contribution in [2.75, 3.05) is 26.8 Å². The third kappa shape index (κ3) is 6.87. The van der Waals surface area contributed by atoms with E-state index < -0.39 is 5.54 Å². The van der Waals surface area contributed by atoms with Crippen molar-refractivity contribution in [3.05, 3.63) is 0 Å². The van der Waals surface area contributed by atoms with Crippen molar-refractivity contribution < 1.29 is 14.3 Å². The predicted octanol–water partition coefficient (Wildman–Crippen LogP) is -1.40. The fourth-order valence-corrected chi connectivity index (χ4v) is 1.07. The zero-order valence-corrected chi connectivity index (χ0v) is 9.42. The van der Waals surface area contributed by atoms with Crippen LogP contribution in [0.4, 0.5) is 0 Å². The van der Waals surface area contributed by atoms with Crippen molar-refractivity contribution in [1.29, 1.82) is 0 Å². The van der Waals surface area contributed by atoms with Gasteiger partial charge in [-0.05, 0) is 13.8 Å². The second-order valence-corrected chi connectivity index (χ2v) is 3.85. The molecule has 88 valence electrons. The van der Waals surface area contributed by atoms with E-state index in [1.807, 2.05) is 13.8 Å². The highest BCUT2D eigenvalue weighted by atomic mass is 16.5. The van der Waals surface area contributed by atoms with Crippen LogP contribution in [0.1, 0.15) is 13.8 Å². The van der Waals surface area contributed by atoms with E-state index in [-0.39, 0.29) is 24.9 Å². The Hall–Kier alpha value is -1.14. The van der Waals surface area contributed by atoms with Gasteiger partial charge in [0, 0.05) is 7.11 Å². The molecule has 0 aliphatic heterocycles. The molecule has 0 aliphatic carbocycles. The minimum absolute atomic E-state index is 0.0663. The van der Waals surface area contributed by atoms with E-state index in [2.05, 4.69) is 10.6 Å². The molecule has 0 unspecified atom stereocenters. The molecule has 0 bridgehead atoms. The largest absolute Gasteiger partial charge is 0.382 e. The number of hydrogen-bond donors (Lipinski definition) is 3. The third-order valence-electron chi connectivity index (χ3n) is 1.61. The van der Waals surface area contributed by atoms with E-state index in [1.54, 1.807) is 7.11 Å². The minimum Gasteiger partial charge on any atom is -0.382 e. The lowest BCUT2D eigenvalue weighted by Gasteiger charge is -2.25. The Morgan fingerprint density at radius 3 is 2.40 bits per heavy atom. The van der Waals surface area contributed by atoms with E-state index in [0.29, 0.717) is 6.61 Å². The Bertz CT molecular complexity index is 229. The van der Waals surface area contributed by atoms with Crippen LogP contribution in [0.15, 0.2) is 0 Å². The summed E-state index contributed by atoms with van der Waals surface area (Å²) in [4.78, 5) is 22.1. The Labute approximate surface area is 89.5 Å². The number of nitrogens with one attached hydrogen (secondary N) is 2. The van der Waals surface area contributed by atoms with Gasteiger partial charge in [-0.2, -0.15) is 0 Å². The number of carbonyl (C=O) groups is 2. The highest BCUT2D eigenvalue weighted by molar-refractivity contribution is 5.85. The van der Waals surface area contributed by atoms with Gasteiger partial charge in [0.25, 0.3) is 0 Å². The number of rotatable bonds is 6. The van der Waals surface area contributed by atoms with E-state index >= 15 is 0 Å². The standard InChI is InChI=1S/C9H19N3O3/c1-9(2,6-15-3)12-8(14)5-11-7(13)4-10/h4-6,10H2,1-3H3,(H,11,13)(H,12,14). The van der Waals surface area contributed by atoms with Crippen molar-refractivity contribution in [2.24, 2.45) is 5.73 Å². The molecule has 0 fully saturated rings. The van der Waals surface area contributed by atoms with Crippen LogP contribution in [0.2, 0.25) is 0 Å². The molecule has 0 heterocycles. The Morgan fingerprint density at radius 1 is 1.33 bits per heavy atom. The lowest BCUT2D eigenvalue weighted by molar-refractivity contribution is -0.126. The predicted molar refractivity (Wildman–Crippen MR) is 56.2 cm³/mol. The monoisotopic (exact) mass is 217 g/mol. The number of ether oxygens (including phenoxy) is 1. The lowest BCUT2D eigenvalue weighted by atomic mass is 10.1. The molecule has 0 saturated carbocycles. The smallest absolute Gasteiger partial charge is 0.239 e. The molecule has 0 aromatic heterocycles. The van der Waals surface area contributed by atoms with Gasteiger partial charge in [0.2, 0.25) is 11.8 Å². The quantitative estimate of drug-likeness (QED) is 0.510. The third-order valence-corrected chi connectivity index (χ3v) is 1.61. The molecule has 15 heavy (non-hydrogen) atoms. The first kappa shape index (κ1) is 13.9. The van der Waals surface area contributed by atoms with Crippen molar-refractivity contribution in [3.8, 4) is 0 Å². The van der Waals surface area contributed by atoms with Crippen LogP contribution in [-0.2, 0) is 14.3 Å². The minimum atomic E-state index is -0.445. The van der Waals surface area contributed by atoms with Crippen LogP contribution in [0, 0.1) is 0 Å². The molecule has 0 aromatic rings. The summed E-state index contributed by atoms with van der Waals surface area (Å²) in [5.74, 6) is -0.617.